The fourth-order valence-corrected chi connectivity index (χ4v) is 4.97. The van der Waals surface area contributed by atoms with Gasteiger partial charge in [-0.2, -0.15) is 0 Å². The minimum Gasteiger partial charge on any atom is -0.394 e. The number of hydrogen-bond donors (Lipinski definition) is 3. The molecule has 13 heteroatoms. The summed E-state index contributed by atoms with van der Waals surface area (Å²) >= 11 is 18.8. The summed E-state index contributed by atoms with van der Waals surface area (Å²) in [5.74, 6) is -0.721. The van der Waals surface area contributed by atoms with E-state index in [9.17, 15) is 19.7 Å². The fourth-order valence-electron chi connectivity index (χ4n) is 3.33. The highest BCUT2D eigenvalue weighted by molar-refractivity contribution is 7.99. The maximum atomic E-state index is 14.0. The van der Waals surface area contributed by atoms with Gasteiger partial charge in [-0.15, -0.1) is 5.10 Å². The summed E-state index contributed by atoms with van der Waals surface area (Å²) in [7, 11) is 0. The van der Waals surface area contributed by atoms with Gasteiger partial charge in [-0.1, -0.05) is 51.8 Å². The van der Waals surface area contributed by atoms with Gasteiger partial charge in [0.25, 0.3) is 0 Å². The molecule has 1 fully saturated rings. The summed E-state index contributed by atoms with van der Waals surface area (Å²) in [6.07, 6.45) is 0.894. The van der Waals surface area contributed by atoms with E-state index in [1.165, 1.54) is 23.1 Å². The lowest BCUT2D eigenvalue weighted by Gasteiger charge is -2.41. The van der Waals surface area contributed by atoms with Gasteiger partial charge in [0, 0.05) is 22.9 Å². The lowest BCUT2D eigenvalue weighted by atomic mass is 9.97. The van der Waals surface area contributed by atoms with E-state index in [0.29, 0.717) is 15.5 Å². The minimum atomic E-state index is -1.30. The molecule has 5 atom stereocenters. The summed E-state index contributed by atoms with van der Waals surface area (Å²) < 4.78 is 20.9. The molecule has 1 aliphatic rings. The van der Waals surface area contributed by atoms with Gasteiger partial charge in [0.2, 0.25) is 0 Å². The van der Waals surface area contributed by atoms with Gasteiger partial charge in [0.1, 0.15) is 41.3 Å². The largest absolute Gasteiger partial charge is 0.394 e. The number of pyridine rings is 1. The van der Waals surface area contributed by atoms with E-state index in [4.69, 9.17) is 39.5 Å². The van der Waals surface area contributed by atoms with E-state index in [0.717, 1.165) is 17.8 Å². The summed E-state index contributed by atoms with van der Waals surface area (Å²) in [6.45, 7) is -0.491. The number of aliphatic hydroxyl groups excluding tert-OH is 3. The van der Waals surface area contributed by atoms with Gasteiger partial charge in [0.05, 0.1) is 27.9 Å². The van der Waals surface area contributed by atoms with Crippen molar-refractivity contribution in [2.24, 2.45) is 0 Å². The van der Waals surface area contributed by atoms with Crippen LogP contribution in [0, 0.1) is 5.82 Å². The van der Waals surface area contributed by atoms with Gasteiger partial charge in [-0.25, -0.2) is 9.07 Å². The lowest BCUT2D eigenvalue weighted by Crippen LogP contribution is -2.55. The van der Waals surface area contributed by atoms with Crippen molar-refractivity contribution in [3.8, 4) is 11.3 Å². The van der Waals surface area contributed by atoms with E-state index in [1.54, 1.807) is 12.3 Å². The third-order valence-corrected chi connectivity index (χ3v) is 6.98. The number of thioether (sulfide) groups is 1. The van der Waals surface area contributed by atoms with Crippen LogP contribution in [0.1, 0.15) is 6.04 Å². The standard InChI is InChI=1S/C19H16Cl3FN4O4S/c20-9-3-10(5-24-4-9)32-19-18(30)16(17(29)14(7-28)31-19)27-6-13(25-26-27)8-1-11(21)15(22)12(23)2-8/h1-6,14,16-19,28-30H,7H2/t14?,16?,17?,18-,19?/m0/s1. The zero-order valence-electron chi connectivity index (χ0n) is 16.0. The maximum Gasteiger partial charge on any atom is 0.143 e. The molecule has 1 saturated heterocycles. The zero-order valence-corrected chi connectivity index (χ0v) is 19.1. The van der Waals surface area contributed by atoms with Crippen molar-refractivity contribution in [2.45, 2.75) is 34.7 Å². The van der Waals surface area contributed by atoms with Crippen LogP contribution in [0.15, 0.2) is 41.7 Å². The highest BCUT2D eigenvalue weighted by atomic mass is 35.5. The van der Waals surface area contributed by atoms with Crippen molar-refractivity contribution in [1.82, 2.24) is 20.0 Å². The molecule has 1 aliphatic heterocycles. The Morgan fingerprint density at radius 3 is 2.59 bits per heavy atom. The molecule has 3 heterocycles. The first-order valence-electron chi connectivity index (χ1n) is 9.25. The number of ether oxygens (including phenoxy) is 1. The molecule has 2 aromatic heterocycles. The van der Waals surface area contributed by atoms with E-state index < -0.39 is 42.2 Å². The topological polar surface area (TPSA) is 114 Å². The predicted octanol–water partition coefficient (Wildman–Crippen LogP) is 3.21. The van der Waals surface area contributed by atoms with E-state index in [1.807, 2.05) is 0 Å². The van der Waals surface area contributed by atoms with Gasteiger partial charge in [-0.05, 0) is 18.2 Å². The summed E-state index contributed by atoms with van der Waals surface area (Å²) in [6, 6.07) is 3.22. The summed E-state index contributed by atoms with van der Waals surface area (Å²) in [5.41, 5.74) is -0.318. The van der Waals surface area contributed by atoms with Crippen LogP contribution in [0.25, 0.3) is 11.3 Å². The normalized spacial score (nSPS) is 25.8. The fraction of sp³-hybridized carbons (Fsp3) is 0.316. The molecule has 3 aromatic rings. The highest BCUT2D eigenvalue weighted by Gasteiger charge is 2.46. The van der Waals surface area contributed by atoms with Crippen molar-refractivity contribution < 1.29 is 24.4 Å². The number of rotatable bonds is 5. The second kappa shape index (κ2) is 9.78. The predicted molar refractivity (Wildman–Crippen MR) is 117 cm³/mol. The molecule has 0 spiro atoms. The van der Waals surface area contributed by atoms with Gasteiger partial charge in [0.15, 0.2) is 0 Å². The number of nitrogens with zero attached hydrogens (tertiary/aromatic N) is 4. The molecular formula is C19H16Cl3FN4O4S. The molecule has 4 unspecified atom stereocenters. The van der Waals surface area contributed by atoms with Gasteiger partial charge >= 0.3 is 0 Å². The number of benzene rings is 1. The molecular weight excluding hydrogens is 506 g/mol. The minimum absolute atomic E-state index is 0.00860. The number of hydrogen-bond acceptors (Lipinski definition) is 8. The maximum absolute atomic E-state index is 14.0. The Morgan fingerprint density at radius 1 is 1.12 bits per heavy atom. The SMILES string of the molecule is OCC1OC(Sc2cncc(Cl)c2)[C@@H](O)C(n2cc(-c3cc(F)c(Cl)c(Cl)c3)nn2)C1O. The van der Waals surface area contributed by atoms with Crippen LogP contribution in [0.5, 0.6) is 0 Å². The molecule has 170 valence electrons. The Bertz CT molecular complexity index is 1100. The molecule has 0 bridgehead atoms. The number of aromatic nitrogens is 4. The molecule has 0 aliphatic carbocycles. The first-order chi connectivity index (χ1) is 15.3. The summed E-state index contributed by atoms with van der Waals surface area (Å²) in [4.78, 5) is 4.62. The van der Waals surface area contributed by atoms with Crippen LogP contribution in [0.2, 0.25) is 15.1 Å². The molecule has 1 aromatic carbocycles. The highest BCUT2D eigenvalue weighted by Crippen LogP contribution is 2.39. The quantitative estimate of drug-likeness (QED) is 0.439. The monoisotopic (exact) mass is 520 g/mol. The van der Waals surface area contributed by atoms with Crippen molar-refractivity contribution in [3.05, 3.63) is 57.7 Å². The van der Waals surface area contributed by atoms with Crippen molar-refractivity contribution in [3.63, 3.8) is 0 Å². The molecule has 0 saturated carbocycles. The van der Waals surface area contributed by atoms with Crippen LogP contribution >= 0.6 is 46.6 Å². The van der Waals surface area contributed by atoms with Gasteiger partial charge in [-0.3, -0.25) is 4.98 Å². The second-order valence-electron chi connectivity index (χ2n) is 6.99. The molecule has 0 radical (unpaired) electrons. The Labute approximate surface area is 200 Å². The van der Waals surface area contributed by atoms with Crippen molar-refractivity contribution in [1.29, 1.82) is 0 Å². The Morgan fingerprint density at radius 2 is 1.91 bits per heavy atom. The molecule has 3 N–H and O–H groups in total. The molecule has 4 rings (SSSR count). The first kappa shape index (κ1) is 23.7. The van der Waals surface area contributed by atoms with Crippen molar-refractivity contribution >= 4 is 46.6 Å². The smallest absolute Gasteiger partial charge is 0.143 e. The van der Waals surface area contributed by atoms with Crippen LogP contribution in [-0.4, -0.2) is 65.7 Å². The van der Waals surface area contributed by atoms with Gasteiger partial charge < -0.3 is 20.1 Å². The van der Waals surface area contributed by atoms with E-state index >= 15 is 0 Å². The third kappa shape index (κ3) is 4.73. The average Bonchev–Trinajstić information content (AvgIpc) is 3.23. The summed E-state index contributed by atoms with van der Waals surface area (Å²) in [5, 5.41) is 39.6. The van der Waals surface area contributed by atoms with E-state index in [2.05, 4.69) is 15.3 Å². The first-order valence-corrected chi connectivity index (χ1v) is 11.3. The number of aliphatic hydroxyl groups is 3. The Balaban J connectivity index is 1.64. The van der Waals surface area contributed by atoms with Crippen LogP contribution in [-0.2, 0) is 4.74 Å². The van der Waals surface area contributed by atoms with Crippen LogP contribution < -0.4 is 0 Å². The van der Waals surface area contributed by atoms with Crippen LogP contribution in [0.4, 0.5) is 4.39 Å². The lowest BCUT2D eigenvalue weighted by molar-refractivity contribution is -0.178. The Kier molecular flexibility index (Phi) is 7.23. The molecule has 0 amide bonds. The average molecular weight is 522 g/mol. The number of halogens is 4. The third-order valence-electron chi connectivity index (χ3n) is 4.88. The Hall–Kier alpha value is -1.50. The molecule has 32 heavy (non-hydrogen) atoms. The zero-order chi connectivity index (χ0) is 23.0. The van der Waals surface area contributed by atoms with E-state index in [-0.39, 0.29) is 15.7 Å². The second-order valence-corrected chi connectivity index (χ2v) is 9.38. The van der Waals surface area contributed by atoms with Crippen LogP contribution in [0.3, 0.4) is 0 Å². The molecule has 8 nitrogen and oxygen atoms in total. The van der Waals surface area contributed by atoms with Crippen molar-refractivity contribution in [2.75, 3.05) is 6.61 Å².